The zero-order chi connectivity index (χ0) is 20.9. The average molecular weight is 428 g/mol. The van der Waals surface area contributed by atoms with Crippen molar-refractivity contribution in [2.24, 2.45) is 0 Å². The molecule has 6 nitrogen and oxygen atoms in total. The first kappa shape index (κ1) is 21.5. The smallest absolute Gasteiger partial charge is 0.381 e. The summed E-state index contributed by atoms with van der Waals surface area (Å²) >= 11 is 1.31. The molecule has 0 spiro atoms. The Morgan fingerprint density at radius 2 is 2.07 bits per heavy atom. The molecule has 0 bridgehead atoms. The van der Waals surface area contributed by atoms with Crippen molar-refractivity contribution < 1.29 is 22.7 Å². The summed E-state index contributed by atoms with van der Waals surface area (Å²) in [6.07, 6.45) is -1.47. The van der Waals surface area contributed by atoms with Crippen LogP contribution < -0.4 is 10.6 Å². The van der Waals surface area contributed by atoms with Crippen LogP contribution in [-0.4, -0.2) is 29.4 Å². The van der Waals surface area contributed by atoms with Crippen molar-refractivity contribution in [2.45, 2.75) is 50.7 Å². The van der Waals surface area contributed by atoms with Crippen LogP contribution in [0.15, 0.2) is 24.3 Å². The van der Waals surface area contributed by atoms with Gasteiger partial charge in [-0.05, 0) is 37.0 Å². The number of alkyl halides is 3. The number of rotatable bonds is 6. The molecule has 158 valence electrons. The Bertz CT molecular complexity index is 822. The van der Waals surface area contributed by atoms with Crippen molar-refractivity contribution in [3.05, 3.63) is 40.4 Å². The zero-order valence-corrected chi connectivity index (χ0v) is 16.8. The fourth-order valence-corrected chi connectivity index (χ4v) is 4.14. The lowest BCUT2D eigenvalue weighted by atomic mass is 10.00. The van der Waals surface area contributed by atoms with E-state index in [0.717, 1.165) is 30.0 Å². The summed E-state index contributed by atoms with van der Waals surface area (Å²) < 4.78 is 44.3. The molecule has 0 radical (unpaired) electrons. The number of ether oxygens (including phenoxy) is 1. The molecule has 0 saturated carbocycles. The zero-order valence-electron chi connectivity index (χ0n) is 16.0. The lowest BCUT2D eigenvalue weighted by molar-refractivity contribution is -0.137. The number of anilines is 1. The van der Waals surface area contributed by atoms with E-state index in [4.69, 9.17) is 4.74 Å². The average Bonchev–Trinajstić information content (AvgIpc) is 3.16. The molecule has 1 aromatic carbocycles. The van der Waals surface area contributed by atoms with Crippen LogP contribution in [0.3, 0.4) is 0 Å². The second-order valence-corrected chi connectivity index (χ2v) is 7.90. The van der Waals surface area contributed by atoms with Crippen molar-refractivity contribution >= 4 is 22.5 Å². The molecular formula is C19H23F3N4O2S. The molecule has 1 aromatic heterocycles. The fourth-order valence-electron chi connectivity index (χ4n) is 3.23. The minimum Gasteiger partial charge on any atom is -0.381 e. The van der Waals surface area contributed by atoms with E-state index >= 15 is 0 Å². The van der Waals surface area contributed by atoms with Crippen LogP contribution in [-0.2, 0) is 10.9 Å². The molecule has 1 unspecified atom stereocenters. The monoisotopic (exact) mass is 428 g/mol. The van der Waals surface area contributed by atoms with Gasteiger partial charge in [0.1, 0.15) is 5.01 Å². The molecule has 1 aliphatic heterocycles. The van der Waals surface area contributed by atoms with Crippen molar-refractivity contribution in [1.29, 1.82) is 0 Å². The lowest BCUT2D eigenvalue weighted by Gasteiger charge is -2.20. The quantitative estimate of drug-likeness (QED) is 0.670. The summed E-state index contributed by atoms with van der Waals surface area (Å²) in [5.41, 5.74) is -0.319. The van der Waals surface area contributed by atoms with Gasteiger partial charge in [-0.25, -0.2) is 4.79 Å². The van der Waals surface area contributed by atoms with Crippen LogP contribution in [0.5, 0.6) is 0 Å². The summed E-state index contributed by atoms with van der Waals surface area (Å²) in [7, 11) is 0. The third-order valence-corrected chi connectivity index (χ3v) is 5.73. The second-order valence-electron chi connectivity index (χ2n) is 6.90. The topological polar surface area (TPSA) is 76.1 Å². The van der Waals surface area contributed by atoms with E-state index in [9.17, 15) is 18.0 Å². The Hall–Kier alpha value is -2.20. The number of amides is 2. The lowest BCUT2D eigenvalue weighted by Crippen LogP contribution is -2.32. The number of nitrogens with one attached hydrogen (secondary N) is 2. The Kier molecular flexibility index (Phi) is 7.07. The number of benzene rings is 1. The van der Waals surface area contributed by atoms with Gasteiger partial charge < -0.3 is 10.1 Å². The molecule has 10 heteroatoms. The molecule has 1 aliphatic rings. The van der Waals surface area contributed by atoms with Crippen molar-refractivity contribution in [2.75, 3.05) is 18.5 Å². The number of aromatic nitrogens is 2. The number of hydrogen-bond acceptors (Lipinski definition) is 5. The van der Waals surface area contributed by atoms with E-state index in [1.807, 2.05) is 6.92 Å². The number of hydrogen-bond donors (Lipinski definition) is 2. The van der Waals surface area contributed by atoms with E-state index in [0.29, 0.717) is 36.8 Å². The highest BCUT2D eigenvalue weighted by Gasteiger charge is 2.31. The second kappa shape index (κ2) is 9.53. The number of halogens is 3. The van der Waals surface area contributed by atoms with Gasteiger partial charge in [0.15, 0.2) is 0 Å². The van der Waals surface area contributed by atoms with Gasteiger partial charge in [0.2, 0.25) is 5.13 Å². The van der Waals surface area contributed by atoms with E-state index < -0.39 is 23.8 Å². The van der Waals surface area contributed by atoms with Crippen LogP contribution in [0.1, 0.15) is 60.7 Å². The number of nitrogens with zero attached hydrogens (tertiary/aromatic N) is 2. The number of carbonyl (C=O) groups is 1. The van der Waals surface area contributed by atoms with Crippen molar-refractivity contribution in [3.63, 3.8) is 0 Å². The first-order chi connectivity index (χ1) is 13.9. The van der Waals surface area contributed by atoms with Crippen LogP contribution >= 0.6 is 11.3 Å². The molecule has 2 heterocycles. The predicted molar refractivity (Wildman–Crippen MR) is 104 cm³/mol. The molecule has 1 saturated heterocycles. The summed E-state index contributed by atoms with van der Waals surface area (Å²) in [4.78, 5) is 12.4. The minimum atomic E-state index is -4.43. The number of urea groups is 1. The largest absolute Gasteiger partial charge is 0.416 e. The normalized spacial score (nSPS) is 16.4. The summed E-state index contributed by atoms with van der Waals surface area (Å²) in [5, 5.41) is 14.8. The van der Waals surface area contributed by atoms with Gasteiger partial charge in [-0.3, -0.25) is 5.32 Å². The maximum Gasteiger partial charge on any atom is 0.416 e. The Morgan fingerprint density at radius 1 is 1.31 bits per heavy atom. The standard InChI is InChI=1S/C19H23F3N4O2S/c1-2-4-15(13-5-3-6-14(11-13)19(20,21)22)23-17(27)24-18-26-25-16(29-18)12-7-9-28-10-8-12/h3,5-6,11-12,15H,2,4,7-10H2,1H3,(H2,23,24,26,27). The highest BCUT2D eigenvalue weighted by atomic mass is 32.1. The van der Waals surface area contributed by atoms with Crippen LogP contribution in [0.4, 0.5) is 23.1 Å². The molecule has 2 aromatic rings. The van der Waals surface area contributed by atoms with Gasteiger partial charge in [-0.1, -0.05) is 36.8 Å². The van der Waals surface area contributed by atoms with Gasteiger partial charge in [-0.15, -0.1) is 10.2 Å². The Labute approximate surface area is 170 Å². The maximum atomic E-state index is 13.0. The highest BCUT2D eigenvalue weighted by molar-refractivity contribution is 7.15. The maximum absolute atomic E-state index is 13.0. The molecule has 2 amide bonds. The van der Waals surface area contributed by atoms with Gasteiger partial charge in [0.05, 0.1) is 11.6 Å². The minimum absolute atomic E-state index is 0.276. The Morgan fingerprint density at radius 3 is 2.76 bits per heavy atom. The van der Waals surface area contributed by atoms with E-state index in [1.165, 1.54) is 17.4 Å². The van der Waals surface area contributed by atoms with Crippen LogP contribution in [0.25, 0.3) is 0 Å². The van der Waals surface area contributed by atoms with Crippen LogP contribution in [0, 0.1) is 0 Å². The van der Waals surface area contributed by atoms with Crippen molar-refractivity contribution in [3.8, 4) is 0 Å². The molecule has 2 N–H and O–H groups in total. The van der Waals surface area contributed by atoms with Gasteiger partial charge in [-0.2, -0.15) is 13.2 Å². The van der Waals surface area contributed by atoms with Gasteiger partial charge in [0, 0.05) is 19.1 Å². The third-order valence-electron chi connectivity index (χ3n) is 4.73. The summed E-state index contributed by atoms with van der Waals surface area (Å²) in [6, 6.07) is 3.98. The number of carbonyl (C=O) groups excluding carboxylic acids is 1. The highest BCUT2D eigenvalue weighted by Crippen LogP contribution is 2.32. The van der Waals surface area contributed by atoms with E-state index in [-0.39, 0.29) is 5.92 Å². The molecular weight excluding hydrogens is 405 g/mol. The van der Waals surface area contributed by atoms with E-state index in [2.05, 4.69) is 20.8 Å². The summed E-state index contributed by atoms with van der Waals surface area (Å²) in [5.74, 6) is 0.276. The first-order valence-corrected chi connectivity index (χ1v) is 10.3. The molecule has 3 rings (SSSR count). The molecule has 29 heavy (non-hydrogen) atoms. The van der Waals surface area contributed by atoms with Gasteiger partial charge >= 0.3 is 12.2 Å². The fraction of sp³-hybridized carbons (Fsp3) is 0.526. The van der Waals surface area contributed by atoms with Gasteiger partial charge in [0.25, 0.3) is 0 Å². The van der Waals surface area contributed by atoms with Crippen molar-refractivity contribution in [1.82, 2.24) is 15.5 Å². The molecule has 0 aliphatic carbocycles. The molecule has 1 fully saturated rings. The summed E-state index contributed by atoms with van der Waals surface area (Å²) in [6.45, 7) is 3.28. The van der Waals surface area contributed by atoms with Crippen LogP contribution in [0.2, 0.25) is 0 Å². The predicted octanol–water partition coefficient (Wildman–Crippen LogP) is 5.11. The van der Waals surface area contributed by atoms with E-state index in [1.54, 1.807) is 6.07 Å². The Balaban J connectivity index is 1.65. The third kappa shape index (κ3) is 5.89. The molecule has 1 atom stereocenters. The first-order valence-electron chi connectivity index (χ1n) is 9.52. The SMILES string of the molecule is CCCC(NC(=O)Nc1nnc(C2CCOCC2)s1)c1cccc(C(F)(F)F)c1.